The summed E-state index contributed by atoms with van der Waals surface area (Å²) >= 11 is 0. The molecule has 0 amide bonds. The largest absolute Gasteiger partial charge is 0.330 e. The lowest BCUT2D eigenvalue weighted by atomic mass is 9.95. The lowest BCUT2D eigenvalue weighted by Gasteiger charge is -2.12. The average Bonchev–Trinajstić information content (AvgIpc) is 2.21. The van der Waals surface area contributed by atoms with Gasteiger partial charge in [-0.15, -0.1) is 0 Å². The zero-order valence-electron chi connectivity index (χ0n) is 8.59. The molecule has 0 saturated heterocycles. The van der Waals surface area contributed by atoms with Crippen LogP contribution in [0.3, 0.4) is 0 Å². The highest BCUT2D eigenvalue weighted by atomic mass is 14.5. The Kier molecular flexibility index (Phi) is 3.97. The van der Waals surface area contributed by atoms with Crippen LogP contribution in [0.25, 0.3) is 0 Å². The molecule has 0 saturated carbocycles. The fourth-order valence-corrected chi connectivity index (χ4v) is 1.56. The summed E-state index contributed by atoms with van der Waals surface area (Å²) < 4.78 is 0. The first-order chi connectivity index (χ1) is 6.31. The van der Waals surface area contributed by atoms with E-state index in [1.54, 1.807) is 0 Å². The van der Waals surface area contributed by atoms with Gasteiger partial charge in [-0.2, -0.15) is 0 Å². The van der Waals surface area contributed by atoms with Gasteiger partial charge < -0.3 is 5.73 Å². The van der Waals surface area contributed by atoms with Gasteiger partial charge in [-0.3, -0.25) is 0 Å². The Hall–Kier alpha value is -0.820. The SMILES string of the molecule is CCc1ccc(C(CC)CN)cc1. The molecule has 0 fully saturated rings. The first-order valence-corrected chi connectivity index (χ1v) is 5.10. The monoisotopic (exact) mass is 177 g/mol. The molecular formula is C12H19N. The van der Waals surface area contributed by atoms with Crippen LogP contribution in [0.2, 0.25) is 0 Å². The molecular weight excluding hydrogens is 158 g/mol. The quantitative estimate of drug-likeness (QED) is 0.752. The highest BCUT2D eigenvalue weighted by molar-refractivity contribution is 5.25. The van der Waals surface area contributed by atoms with Gasteiger partial charge in [0, 0.05) is 0 Å². The molecule has 1 unspecified atom stereocenters. The van der Waals surface area contributed by atoms with Crippen molar-refractivity contribution in [3.8, 4) is 0 Å². The third-order valence-corrected chi connectivity index (χ3v) is 2.64. The Morgan fingerprint density at radius 1 is 1.15 bits per heavy atom. The number of hydrogen-bond donors (Lipinski definition) is 1. The molecule has 0 spiro atoms. The van der Waals surface area contributed by atoms with Crippen molar-refractivity contribution in [2.45, 2.75) is 32.6 Å². The molecule has 1 aromatic rings. The molecule has 72 valence electrons. The molecule has 1 heteroatoms. The third kappa shape index (κ3) is 2.56. The number of rotatable bonds is 4. The Labute approximate surface area is 81.0 Å². The van der Waals surface area contributed by atoms with Crippen molar-refractivity contribution >= 4 is 0 Å². The molecule has 1 atom stereocenters. The Bertz CT molecular complexity index is 234. The van der Waals surface area contributed by atoms with Crippen LogP contribution in [-0.2, 0) is 6.42 Å². The van der Waals surface area contributed by atoms with Gasteiger partial charge in [-0.25, -0.2) is 0 Å². The van der Waals surface area contributed by atoms with E-state index in [-0.39, 0.29) is 0 Å². The van der Waals surface area contributed by atoms with Crippen molar-refractivity contribution in [1.29, 1.82) is 0 Å². The highest BCUT2D eigenvalue weighted by Gasteiger charge is 2.05. The van der Waals surface area contributed by atoms with Crippen LogP contribution in [0.15, 0.2) is 24.3 Å². The molecule has 1 aromatic carbocycles. The van der Waals surface area contributed by atoms with Crippen LogP contribution in [0.1, 0.15) is 37.3 Å². The summed E-state index contributed by atoms with van der Waals surface area (Å²) in [5, 5.41) is 0. The first kappa shape index (κ1) is 10.3. The van der Waals surface area contributed by atoms with Gasteiger partial charge in [0.15, 0.2) is 0 Å². The minimum absolute atomic E-state index is 0.533. The zero-order valence-corrected chi connectivity index (χ0v) is 8.59. The number of benzene rings is 1. The van der Waals surface area contributed by atoms with Crippen LogP contribution in [-0.4, -0.2) is 6.54 Å². The van der Waals surface area contributed by atoms with E-state index < -0.39 is 0 Å². The lowest BCUT2D eigenvalue weighted by molar-refractivity contribution is 0.674. The van der Waals surface area contributed by atoms with Crippen molar-refractivity contribution in [2.75, 3.05) is 6.54 Å². The van der Waals surface area contributed by atoms with Crippen LogP contribution in [0.4, 0.5) is 0 Å². The number of hydrogen-bond acceptors (Lipinski definition) is 1. The Balaban J connectivity index is 2.78. The Morgan fingerprint density at radius 2 is 1.77 bits per heavy atom. The van der Waals surface area contributed by atoms with E-state index in [1.165, 1.54) is 11.1 Å². The summed E-state index contributed by atoms with van der Waals surface area (Å²) in [5.74, 6) is 0.533. The molecule has 1 nitrogen and oxygen atoms in total. The topological polar surface area (TPSA) is 26.0 Å². The van der Waals surface area contributed by atoms with Crippen LogP contribution in [0, 0.1) is 0 Å². The van der Waals surface area contributed by atoms with Crippen LogP contribution >= 0.6 is 0 Å². The fourth-order valence-electron chi connectivity index (χ4n) is 1.56. The molecule has 2 N–H and O–H groups in total. The summed E-state index contributed by atoms with van der Waals surface area (Å²) in [4.78, 5) is 0. The van der Waals surface area contributed by atoms with E-state index in [0.717, 1.165) is 19.4 Å². The van der Waals surface area contributed by atoms with Gasteiger partial charge in [0.2, 0.25) is 0 Å². The standard InChI is InChI=1S/C12H19N/c1-3-10-5-7-12(8-6-10)11(4-2)9-13/h5-8,11H,3-4,9,13H2,1-2H3. The van der Waals surface area contributed by atoms with Gasteiger partial charge in [0.05, 0.1) is 0 Å². The van der Waals surface area contributed by atoms with Crippen molar-refractivity contribution in [3.05, 3.63) is 35.4 Å². The van der Waals surface area contributed by atoms with Crippen molar-refractivity contribution in [1.82, 2.24) is 0 Å². The molecule has 0 aliphatic heterocycles. The average molecular weight is 177 g/mol. The summed E-state index contributed by atoms with van der Waals surface area (Å²) in [6.07, 6.45) is 2.24. The van der Waals surface area contributed by atoms with Crippen molar-refractivity contribution < 1.29 is 0 Å². The van der Waals surface area contributed by atoms with Gasteiger partial charge in [-0.05, 0) is 36.4 Å². The molecule has 1 rings (SSSR count). The lowest BCUT2D eigenvalue weighted by Crippen LogP contribution is -2.11. The van der Waals surface area contributed by atoms with E-state index in [2.05, 4.69) is 38.1 Å². The summed E-state index contributed by atoms with van der Waals surface area (Å²) in [5.41, 5.74) is 8.46. The molecule has 13 heavy (non-hydrogen) atoms. The van der Waals surface area contributed by atoms with E-state index in [0.29, 0.717) is 5.92 Å². The van der Waals surface area contributed by atoms with Gasteiger partial charge in [0.1, 0.15) is 0 Å². The van der Waals surface area contributed by atoms with Gasteiger partial charge >= 0.3 is 0 Å². The number of nitrogens with two attached hydrogens (primary N) is 1. The third-order valence-electron chi connectivity index (χ3n) is 2.64. The second-order valence-corrected chi connectivity index (χ2v) is 3.44. The predicted molar refractivity (Wildman–Crippen MR) is 57.9 cm³/mol. The summed E-state index contributed by atoms with van der Waals surface area (Å²) in [6, 6.07) is 8.82. The minimum atomic E-state index is 0.533. The van der Waals surface area contributed by atoms with Crippen molar-refractivity contribution in [3.63, 3.8) is 0 Å². The van der Waals surface area contributed by atoms with E-state index >= 15 is 0 Å². The van der Waals surface area contributed by atoms with Gasteiger partial charge in [0.25, 0.3) is 0 Å². The zero-order chi connectivity index (χ0) is 9.68. The molecule has 0 aliphatic carbocycles. The maximum absolute atomic E-state index is 5.69. The maximum Gasteiger partial charge on any atom is -0.000834 e. The molecule has 0 radical (unpaired) electrons. The first-order valence-electron chi connectivity index (χ1n) is 5.10. The molecule has 0 aliphatic rings. The minimum Gasteiger partial charge on any atom is -0.330 e. The second kappa shape index (κ2) is 5.03. The smallest absolute Gasteiger partial charge is 0.000834 e. The van der Waals surface area contributed by atoms with Crippen molar-refractivity contribution in [2.24, 2.45) is 5.73 Å². The Morgan fingerprint density at radius 3 is 2.15 bits per heavy atom. The second-order valence-electron chi connectivity index (χ2n) is 3.44. The molecule has 0 aromatic heterocycles. The number of aryl methyl sites for hydroxylation is 1. The predicted octanol–water partition coefficient (Wildman–Crippen LogP) is 2.70. The summed E-state index contributed by atoms with van der Waals surface area (Å²) in [7, 11) is 0. The molecule has 0 bridgehead atoms. The van der Waals surface area contributed by atoms with Crippen LogP contribution in [0.5, 0.6) is 0 Å². The highest BCUT2D eigenvalue weighted by Crippen LogP contribution is 2.18. The van der Waals surface area contributed by atoms with E-state index in [4.69, 9.17) is 5.73 Å². The fraction of sp³-hybridized carbons (Fsp3) is 0.500. The van der Waals surface area contributed by atoms with E-state index in [9.17, 15) is 0 Å². The summed E-state index contributed by atoms with van der Waals surface area (Å²) in [6.45, 7) is 5.11. The maximum atomic E-state index is 5.69. The molecule has 0 heterocycles. The van der Waals surface area contributed by atoms with Gasteiger partial charge in [-0.1, -0.05) is 38.1 Å². The van der Waals surface area contributed by atoms with E-state index in [1.807, 2.05) is 0 Å². The normalized spacial score (nSPS) is 12.8. The van der Waals surface area contributed by atoms with Crippen LogP contribution < -0.4 is 5.73 Å².